The van der Waals surface area contributed by atoms with Crippen LogP contribution in [0.4, 0.5) is 24.7 Å². The zero-order valence-corrected chi connectivity index (χ0v) is 20.7. The molecule has 3 saturated heterocycles. The quantitative estimate of drug-likeness (QED) is 0.541. The second-order valence-corrected chi connectivity index (χ2v) is 9.88. The normalized spacial score (nSPS) is 23.1. The van der Waals surface area contributed by atoms with Crippen LogP contribution in [0.1, 0.15) is 43.2 Å². The fourth-order valence-electron chi connectivity index (χ4n) is 5.83. The van der Waals surface area contributed by atoms with Gasteiger partial charge >= 0.3 is 6.18 Å². The summed E-state index contributed by atoms with van der Waals surface area (Å²) in [5.41, 5.74) is -2.25. The van der Waals surface area contributed by atoms with Crippen LogP contribution in [0.25, 0.3) is 0 Å². The average molecular weight is 532 g/mol. The molecule has 3 fully saturated rings. The number of nitrogens with zero attached hydrogens (tertiary/aromatic N) is 6. The average Bonchev–Trinajstić information content (AvgIpc) is 3.46. The molecule has 0 aromatic carbocycles. The van der Waals surface area contributed by atoms with Crippen LogP contribution in [0, 0.1) is 11.3 Å². The summed E-state index contributed by atoms with van der Waals surface area (Å²) in [7, 11) is 0. The fourth-order valence-corrected chi connectivity index (χ4v) is 5.83. The number of rotatable bonds is 7. The molecule has 10 nitrogen and oxygen atoms in total. The lowest BCUT2D eigenvalue weighted by Crippen LogP contribution is -2.55. The Bertz CT molecular complexity index is 1250. The number of aromatic nitrogens is 3. The highest BCUT2D eigenvalue weighted by Gasteiger charge is 2.42. The van der Waals surface area contributed by atoms with Crippen LogP contribution < -0.4 is 15.4 Å². The first-order chi connectivity index (χ1) is 18.3. The number of pyridine rings is 1. The number of halogens is 3. The number of nitrogens with one attached hydrogen (secondary N) is 1. The number of carbonyl (C=O) groups is 1. The fraction of sp³-hybridized carbons (Fsp3) is 0.560. The SMILES string of the molecule is N#Cc1ccc(N2C3CCC2CN(C(=O)CCOC[C@@H]2CCCN2c2cn[nH]c(=O)c2C(F)(F)F)C3)nc1. The van der Waals surface area contributed by atoms with Crippen LogP contribution in [0.15, 0.2) is 29.3 Å². The number of anilines is 2. The smallest absolute Gasteiger partial charge is 0.379 e. The minimum atomic E-state index is -4.80. The summed E-state index contributed by atoms with van der Waals surface area (Å²) in [6.07, 6.45) is 1.18. The highest BCUT2D eigenvalue weighted by atomic mass is 19.4. The Balaban J connectivity index is 1.13. The van der Waals surface area contributed by atoms with Crippen molar-refractivity contribution in [3.05, 3.63) is 46.0 Å². The zero-order chi connectivity index (χ0) is 26.9. The second-order valence-electron chi connectivity index (χ2n) is 9.88. The Morgan fingerprint density at radius 3 is 2.61 bits per heavy atom. The van der Waals surface area contributed by atoms with Gasteiger partial charge in [-0.3, -0.25) is 9.59 Å². The van der Waals surface area contributed by atoms with Crippen molar-refractivity contribution in [2.45, 2.75) is 56.4 Å². The van der Waals surface area contributed by atoms with Crippen LogP contribution >= 0.6 is 0 Å². The predicted octanol–water partition coefficient (Wildman–Crippen LogP) is 2.31. The van der Waals surface area contributed by atoms with Gasteiger partial charge in [-0.05, 0) is 37.8 Å². The molecular weight excluding hydrogens is 503 g/mol. The molecule has 2 aromatic heterocycles. The molecule has 5 heterocycles. The number of hydrogen-bond acceptors (Lipinski definition) is 8. The number of ether oxygens (including phenoxy) is 1. The first-order valence-electron chi connectivity index (χ1n) is 12.7. The lowest BCUT2D eigenvalue weighted by molar-refractivity contribution is -0.138. The minimum absolute atomic E-state index is 0.0178. The van der Waals surface area contributed by atoms with Crippen LogP contribution in [0.5, 0.6) is 0 Å². The number of amides is 1. The molecule has 0 radical (unpaired) electrons. The predicted molar refractivity (Wildman–Crippen MR) is 130 cm³/mol. The van der Waals surface area contributed by atoms with Crippen molar-refractivity contribution < 1.29 is 22.7 Å². The molecule has 0 aliphatic carbocycles. The van der Waals surface area contributed by atoms with Crippen LogP contribution in [0.2, 0.25) is 0 Å². The number of carbonyl (C=O) groups excluding carboxylic acids is 1. The highest BCUT2D eigenvalue weighted by Crippen LogP contribution is 2.37. The van der Waals surface area contributed by atoms with E-state index in [0.29, 0.717) is 38.0 Å². The van der Waals surface area contributed by atoms with E-state index in [9.17, 15) is 22.8 Å². The largest absolute Gasteiger partial charge is 0.423 e. The summed E-state index contributed by atoms with van der Waals surface area (Å²) >= 11 is 0. The van der Waals surface area contributed by atoms with E-state index in [0.717, 1.165) is 24.9 Å². The third-order valence-corrected chi connectivity index (χ3v) is 7.55. The van der Waals surface area contributed by atoms with Gasteiger partial charge in [-0.25, -0.2) is 10.1 Å². The number of nitriles is 1. The van der Waals surface area contributed by atoms with Gasteiger partial charge in [0.05, 0.1) is 43.1 Å². The first-order valence-corrected chi connectivity index (χ1v) is 12.7. The second kappa shape index (κ2) is 10.6. The van der Waals surface area contributed by atoms with Crippen molar-refractivity contribution in [2.24, 2.45) is 0 Å². The Kier molecular flexibility index (Phi) is 7.25. The number of hydrogen-bond donors (Lipinski definition) is 1. The number of fused-ring (bicyclic) bond motifs is 2. The maximum Gasteiger partial charge on any atom is 0.423 e. The molecule has 0 saturated carbocycles. The summed E-state index contributed by atoms with van der Waals surface area (Å²) in [4.78, 5) is 34.8. The molecule has 5 rings (SSSR count). The molecule has 2 bridgehead atoms. The van der Waals surface area contributed by atoms with Gasteiger partial charge < -0.3 is 19.4 Å². The van der Waals surface area contributed by atoms with Crippen LogP contribution in [0.3, 0.4) is 0 Å². The summed E-state index contributed by atoms with van der Waals surface area (Å²) in [5.74, 6) is 0.799. The molecule has 0 spiro atoms. The Hall–Kier alpha value is -3.66. The van der Waals surface area contributed by atoms with E-state index in [2.05, 4.69) is 21.1 Å². The van der Waals surface area contributed by atoms with Gasteiger partial charge in [0.25, 0.3) is 5.56 Å². The molecule has 3 atom stereocenters. The first kappa shape index (κ1) is 26.0. The van der Waals surface area contributed by atoms with Crippen molar-refractivity contribution in [1.29, 1.82) is 5.26 Å². The van der Waals surface area contributed by atoms with Crippen molar-refractivity contribution in [1.82, 2.24) is 20.1 Å². The Labute approximate surface area is 217 Å². The number of H-pyrrole nitrogens is 1. The summed E-state index contributed by atoms with van der Waals surface area (Å²) in [6, 6.07) is 5.65. The topological polar surface area (TPSA) is 118 Å². The van der Waals surface area contributed by atoms with Gasteiger partial charge in [-0.15, -0.1) is 0 Å². The lowest BCUT2D eigenvalue weighted by Gasteiger charge is -2.41. The number of aromatic amines is 1. The third kappa shape index (κ3) is 5.18. The zero-order valence-electron chi connectivity index (χ0n) is 20.7. The Morgan fingerprint density at radius 1 is 1.18 bits per heavy atom. The molecule has 38 heavy (non-hydrogen) atoms. The molecule has 3 aliphatic rings. The van der Waals surface area contributed by atoms with Crippen molar-refractivity contribution in [2.75, 3.05) is 42.6 Å². The van der Waals surface area contributed by atoms with E-state index in [4.69, 9.17) is 10.00 Å². The van der Waals surface area contributed by atoms with Crippen molar-refractivity contribution >= 4 is 17.4 Å². The van der Waals surface area contributed by atoms with E-state index in [1.54, 1.807) is 12.3 Å². The van der Waals surface area contributed by atoms with Gasteiger partial charge in [0.2, 0.25) is 5.91 Å². The van der Waals surface area contributed by atoms with Gasteiger partial charge in [-0.2, -0.15) is 23.5 Å². The number of piperazine rings is 1. The van der Waals surface area contributed by atoms with Gasteiger partial charge in [0.15, 0.2) is 0 Å². The van der Waals surface area contributed by atoms with Gasteiger partial charge in [0.1, 0.15) is 17.5 Å². The molecule has 1 amide bonds. The molecular formula is C25H28F3N7O3. The highest BCUT2D eigenvalue weighted by molar-refractivity contribution is 5.77. The maximum absolute atomic E-state index is 13.5. The molecule has 202 valence electrons. The minimum Gasteiger partial charge on any atom is -0.379 e. The van der Waals surface area contributed by atoms with E-state index in [-0.39, 0.29) is 49.4 Å². The third-order valence-electron chi connectivity index (χ3n) is 7.55. The van der Waals surface area contributed by atoms with Crippen LogP contribution in [-0.2, 0) is 15.7 Å². The molecule has 2 unspecified atom stereocenters. The number of alkyl halides is 3. The molecule has 1 N–H and O–H groups in total. The monoisotopic (exact) mass is 531 g/mol. The van der Waals surface area contributed by atoms with Gasteiger partial charge in [-0.1, -0.05) is 0 Å². The summed E-state index contributed by atoms with van der Waals surface area (Å²) in [5, 5.41) is 14.4. The lowest BCUT2D eigenvalue weighted by atomic mass is 10.1. The van der Waals surface area contributed by atoms with E-state index >= 15 is 0 Å². The molecule has 2 aromatic rings. The standard InChI is InChI=1S/C25H28F3N7O3/c26-25(27,28)23-20(12-31-32-24(23)37)34-8-1-2-19(34)15-38-9-7-22(36)33-13-17-4-5-18(14-33)35(17)21-6-3-16(10-29)11-30-21/h3,6,11-12,17-19H,1-2,4-5,7-9,13-15H2,(H,32,37)/t17?,18?,19-/m0/s1. The molecule has 13 heteroatoms. The molecule has 3 aliphatic heterocycles. The van der Waals surface area contributed by atoms with Crippen molar-refractivity contribution in [3.8, 4) is 6.07 Å². The van der Waals surface area contributed by atoms with E-state index in [1.807, 2.05) is 16.1 Å². The van der Waals surface area contributed by atoms with Crippen molar-refractivity contribution in [3.63, 3.8) is 0 Å². The summed E-state index contributed by atoms with van der Waals surface area (Å²) < 4.78 is 46.3. The Morgan fingerprint density at radius 2 is 1.95 bits per heavy atom. The maximum atomic E-state index is 13.5. The van der Waals surface area contributed by atoms with Gasteiger partial charge in [0, 0.05) is 37.9 Å². The van der Waals surface area contributed by atoms with E-state index in [1.165, 1.54) is 4.90 Å². The van der Waals surface area contributed by atoms with Crippen LogP contribution in [-0.4, -0.2) is 77.0 Å². The van der Waals surface area contributed by atoms with E-state index < -0.39 is 17.3 Å². The summed E-state index contributed by atoms with van der Waals surface area (Å²) in [6.45, 7) is 1.85. The number of likely N-dealkylation sites (tertiary alicyclic amines) is 1.